The van der Waals surface area contributed by atoms with Crippen molar-refractivity contribution in [2.75, 3.05) is 27.8 Å². The molecule has 1 saturated carbocycles. The van der Waals surface area contributed by atoms with Crippen molar-refractivity contribution in [2.24, 2.45) is 0 Å². The van der Waals surface area contributed by atoms with Gasteiger partial charge in [-0.05, 0) is 80.3 Å². The van der Waals surface area contributed by atoms with Gasteiger partial charge in [0, 0.05) is 38.8 Å². The number of nitrogens with zero attached hydrogens (tertiary/aromatic N) is 2. The average Bonchev–Trinajstić information content (AvgIpc) is 3.26. The number of aromatic hydroxyl groups is 1. The van der Waals surface area contributed by atoms with E-state index in [1.807, 2.05) is 36.4 Å². The van der Waals surface area contributed by atoms with Crippen molar-refractivity contribution in [1.29, 1.82) is 0 Å². The van der Waals surface area contributed by atoms with Crippen LogP contribution in [0.4, 0.5) is 0 Å². The standard InChI is InChI=1S/C28H41N3O5S/c1-20-16-28(31(37(33,34)30(2)3)18-21-8-12-25(35-4)13-9-21)27(29-20)19-36-26-14-10-22(11-15-26)23-6-5-7-24(32)17-23/h5-9,12-13,17,20,22,26-29,32H,10-11,14-16,18-19H2,1-4H3/t20?,22?,26?,27-,28-/m0/s1. The number of methoxy groups -OCH3 is 1. The van der Waals surface area contributed by atoms with E-state index in [-0.39, 0.29) is 30.8 Å². The van der Waals surface area contributed by atoms with Crippen molar-refractivity contribution in [3.05, 3.63) is 59.7 Å². The van der Waals surface area contributed by atoms with Gasteiger partial charge in [-0.1, -0.05) is 24.3 Å². The highest BCUT2D eigenvalue weighted by Crippen LogP contribution is 2.35. The third kappa shape index (κ3) is 6.83. The molecule has 1 aliphatic carbocycles. The summed E-state index contributed by atoms with van der Waals surface area (Å²) in [5, 5.41) is 13.4. The van der Waals surface area contributed by atoms with E-state index in [0.717, 1.165) is 43.4 Å². The van der Waals surface area contributed by atoms with Gasteiger partial charge >= 0.3 is 0 Å². The van der Waals surface area contributed by atoms with E-state index in [0.29, 0.717) is 18.3 Å². The van der Waals surface area contributed by atoms with E-state index < -0.39 is 10.2 Å². The minimum absolute atomic E-state index is 0.0910. The number of phenols is 1. The molecular weight excluding hydrogens is 490 g/mol. The predicted molar refractivity (Wildman–Crippen MR) is 145 cm³/mol. The number of hydrogen-bond acceptors (Lipinski definition) is 6. The predicted octanol–water partition coefficient (Wildman–Crippen LogP) is 3.87. The number of rotatable bonds is 10. The van der Waals surface area contributed by atoms with Crippen LogP contribution in [-0.2, 0) is 21.5 Å². The maximum atomic E-state index is 13.4. The smallest absolute Gasteiger partial charge is 0.282 e. The van der Waals surface area contributed by atoms with Gasteiger partial charge in [-0.15, -0.1) is 0 Å². The molecule has 0 amide bonds. The minimum Gasteiger partial charge on any atom is -0.508 e. The van der Waals surface area contributed by atoms with E-state index >= 15 is 0 Å². The highest BCUT2D eigenvalue weighted by molar-refractivity contribution is 7.86. The Hall–Kier alpha value is -2.17. The summed E-state index contributed by atoms with van der Waals surface area (Å²) in [6.45, 7) is 2.86. The van der Waals surface area contributed by atoms with Crippen LogP contribution in [0.5, 0.6) is 11.5 Å². The van der Waals surface area contributed by atoms with Gasteiger partial charge in [0.25, 0.3) is 10.2 Å². The van der Waals surface area contributed by atoms with Gasteiger partial charge in [0.05, 0.1) is 19.8 Å². The van der Waals surface area contributed by atoms with E-state index in [2.05, 4.69) is 18.3 Å². The Labute approximate surface area is 221 Å². The summed E-state index contributed by atoms with van der Waals surface area (Å²) < 4.78 is 41.4. The highest BCUT2D eigenvalue weighted by Gasteiger charge is 2.42. The van der Waals surface area contributed by atoms with Crippen molar-refractivity contribution in [3.63, 3.8) is 0 Å². The molecule has 1 unspecified atom stereocenters. The molecule has 37 heavy (non-hydrogen) atoms. The molecule has 8 nitrogen and oxygen atoms in total. The van der Waals surface area contributed by atoms with Crippen LogP contribution in [0, 0.1) is 0 Å². The lowest BCUT2D eigenvalue weighted by Crippen LogP contribution is -2.52. The average molecular weight is 532 g/mol. The fourth-order valence-electron chi connectivity index (χ4n) is 5.62. The maximum absolute atomic E-state index is 13.4. The van der Waals surface area contributed by atoms with Crippen LogP contribution in [0.15, 0.2) is 48.5 Å². The van der Waals surface area contributed by atoms with Crippen LogP contribution in [0.1, 0.15) is 56.1 Å². The molecule has 2 fully saturated rings. The molecule has 0 spiro atoms. The van der Waals surface area contributed by atoms with Crippen LogP contribution in [0.25, 0.3) is 0 Å². The Morgan fingerprint density at radius 3 is 2.38 bits per heavy atom. The monoisotopic (exact) mass is 531 g/mol. The Morgan fingerprint density at radius 2 is 1.76 bits per heavy atom. The normalized spacial score (nSPS) is 26.6. The maximum Gasteiger partial charge on any atom is 0.282 e. The van der Waals surface area contributed by atoms with Gasteiger partial charge in [-0.2, -0.15) is 17.0 Å². The van der Waals surface area contributed by atoms with Crippen LogP contribution >= 0.6 is 0 Å². The zero-order valence-electron chi connectivity index (χ0n) is 22.3. The van der Waals surface area contributed by atoms with Crippen LogP contribution in [0.2, 0.25) is 0 Å². The SMILES string of the molecule is COc1ccc(CN([C@H]2CC(C)N[C@H]2COC2CCC(c3cccc(O)c3)CC2)S(=O)(=O)N(C)C)cc1. The number of nitrogens with one attached hydrogen (secondary N) is 1. The van der Waals surface area contributed by atoms with Crippen molar-refractivity contribution in [2.45, 2.75) is 75.7 Å². The second-order valence-electron chi connectivity index (χ2n) is 10.6. The van der Waals surface area contributed by atoms with Gasteiger partial charge in [-0.3, -0.25) is 0 Å². The molecule has 2 aromatic carbocycles. The van der Waals surface area contributed by atoms with Crippen LogP contribution in [0.3, 0.4) is 0 Å². The number of ether oxygens (including phenoxy) is 2. The Bertz CT molecular complexity index is 1120. The Kier molecular flexibility index (Phi) is 9.13. The van der Waals surface area contributed by atoms with Gasteiger partial charge in [-0.25, -0.2) is 0 Å². The van der Waals surface area contributed by atoms with Crippen molar-refractivity contribution < 1.29 is 23.0 Å². The quantitative estimate of drug-likeness (QED) is 0.484. The summed E-state index contributed by atoms with van der Waals surface area (Å²) in [7, 11) is 1.12. The molecule has 2 aromatic rings. The molecule has 2 N–H and O–H groups in total. The zero-order valence-corrected chi connectivity index (χ0v) is 23.2. The van der Waals surface area contributed by atoms with E-state index in [9.17, 15) is 13.5 Å². The Morgan fingerprint density at radius 1 is 1.05 bits per heavy atom. The van der Waals surface area contributed by atoms with Gasteiger partial charge in [0.15, 0.2) is 0 Å². The van der Waals surface area contributed by atoms with Crippen LogP contribution in [-0.4, -0.2) is 74.2 Å². The highest BCUT2D eigenvalue weighted by atomic mass is 32.2. The summed E-state index contributed by atoms with van der Waals surface area (Å²) in [6.07, 6.45) is 4.83. The second kappa shape index (κ2) is 12.1. The molecule has 0 bridgehead atoms. The molecular formula is C28H41N3O5S. The van der Waals surface area contributed by atoms with Crippen LogP contribution < -0.4 is 10.1 Å². The molecule has 204 valence electrons. The first-order valence-electron chi connectivity index (χ1n) is 13.2. The molecule has 1 aliphatic heterocycles. The summed E-state index contributed by atoms with van der Waals surface area (Å²) in [5.74, 6) is 1.50. The summed E-state index contributed by atoms with van der Waals surface area (Å²) in [4.78, 5) is 0. The largest absolute Gasteiger partial charge is 0.508 e. The van der Waals surface area contributed by atoms with E-state index in [1.165, 1.54) is 9.87 Å². The molecule has 2 aliphatic rings. The fourth-order valence-corrected chi connectivity index (χ4v) is 6.93. The third-order valence-electron chi connectivity index (χ3n) is 7.71. The first-order valence-corrected chi connectivity index (χ1v) is 14.6. The first kappa shape index (κ1) is 27.9. The summed E-state index contributed by atoms with van der Waals surface area (Å²) in [5.41, 5.74) is 2.10. The van der Waals surface area contributed by atoms with Crippen molar-refractivity contribution in [1.82, 2.24) is 13.9 Å². The molecule has 0 radical (unpaired) electrons. The molecule has 3 atom stereocenters. The number of hydrogen-bond donors (Lipinski definition) is 2. The summed E-state index contributed by atoms with van der Waals surface area (Å²) >= 11 is 0. The molecule has 9 heteroatoms. The van der Waals surface area contributed by atoms with Gasteiger partial charge in [0.1, 0.15) is 11.5 Å². The molecule has 1 saturated heterocycles. The number of benzene rings is 2. The van der Waals surface area contributed by atoms with E-state index in [1.54, 1.807) is 31.6 Å². The second-order valence-corrected chi connectivity index (χ2v) is 12.7. The van der Waals surface area contributed by atoms with Gasteiger partial charge in [0.2, 0.25) is 0 Å². The van der Waals surface area contributed by atoms with Crippen molar-refractivity contribution >= 4 is 10.2 Å². The van der Waals surface area contributed by atoms with Crippen molar-refractivity contribution in [3.8, 4) is 11.5 Å². The topological polar surface area (TPSA) is 91.3 Å². The lowest BCUT2D eigenvalue weighted by atomic mass is 9.82. The van der Waals surface area contributed by atoms with E-state index in [4.69, 9.17) is 9.47 Å². The fraction of sp³-hybridized carbons (Fsp3) is 0.571. The number of phenolic OH excluding ortho intramolecular Hbond substituents is 1. The first-order chi connectivity index (χ1) is 17.7. The van der Waals surface area contributed by atoms with Gasteiger partial charge < -0.3 is 19.9 Å². The third-order valence-corrected chi connectivity index (χ3v) is 9.63. The zero-order chi connectivity index (χ0) is 26.6. The summed E-state index contributed by atoms with van der Waals surface area (Å²) in [6, 6.07) is 15.0. The molecule has 0 aromatic heterocycles. The minimum atomic E-state index is -3.66. The lowest BCUT2D eigenvalue weighted by molar-refractivity contribution is 0.00750. The molecule has 1 heterocycles. The Balaban J connectivity index is 1.41. The lowest BCUT2D eigenvalue weighted by Gasteiger charge is -2.35. The molecule has 4 rings (SSSR count).